The average Bonchev–Trinajstić information content (AvgIpc) is 3.79. The molecule has 0 saturated carbocycles. The minimum absolute atomic E-state index is 0.0426. The van der Waals surface area contributed by atoms with Crippen molar-refractivity contribution in [3.05, 3.63) is 165 Å². The van der Waals surface area contributed by atoms with Gasteiger partial charge in [0.15, 0.2) is 0 Å². The Kier molecular flexibility index (Phi) is 9.51. The van der Waals surface area contributed by atoms with E-state index in [1.165, 1.54) is 109 Å². The van der Waals surface area contributed by atoms with Crippen molar-refractivity contribution in [2.75, 3.05) is 0 Å². The predicted molar refractivity (Wildman–Crippen MR) is 295 cm³/mol. The first-order valence-corrected chi connectivity index (χ1v) is 25.1. The van der Waals surface area contributed by atoms with Gasteiger partial charge in [-0.2, -0.15) is 0 Å². The molecule has 0 radical (unpaired) electrons. The molecule has 0 aliphatic rings. The molecule has 2 nitrogen and oxygen atoms in total. The third kappa shape index (κ3) is 6.67. The maximum Gasteiger partial charge on any atom is 0.0657 e. The standard InChI is InChI=1S/C62H58Br2N2/c1-59(2,3)39-17-21-44-35(29-39)13-25-48-54(44)55-45-22-18-40(60(4,5)6)30-36(45)14-26-49(55)65(48)52-33-43(63)34-53(58(52)64)66-50-27-15-37-31-41(61(7,8)9)19-23-46(37)56(50)57-47-24-20-42(62(10,11)12)32-38(47)16-28-51(57)66/h13-34H,1-12H3. The molecule has 0 N–H and O–H groups in total. The Hall–Kier alpha value is -5.42. The van der Waals surface area contributed by atoms with Crippen molar-refractivity contribution in [3.8, 4) is 11.4 Å². The number of nitrogens with zero attached hydrogens (tertiary/aromatic N) is 2. The van der Waals surface area contributed by atoms with Crippen molar-refractivity contribution in [1.29, 1.82) is 0 Å². The highest BCUT2D eigenvalue weighted by Gasteiger charge is 2.26. The normalized spacial score (nSPS) is 13.3. The summed E-state index contributed by atoms with van der Waals surface area (Å²) in [5.74, 6) is 0. The van der Waals surface area contributed by atoms with Crippen molar-refractivity contribution in [3.63, 3.8) is 0 Å². The summed E-state index contributed by atoms with van der Waals surface area (Å²) in [6.45, 7) is 27.6. The molecule has 66 heavy (non-hydrogen) atoms. The minimum atomic E-state index is 0.0426. The van der Waals surface area contributed by atoms with Crippen molar-refractivity contribution in [1.82, 2.24) is 9.13 Å². The first kappa shape index (κ1) is 43.2. The van der Waals surface area contributed by atoms with Crippen molar-refractivity contribution >= 4 is 119 Å². The molecule has 0 saturated heterocycles. The van der Waals surface area contributed by atoms with Gasteiger partial charge in [0.2, 0.25) is 0 Å². The molecule has 4 heteroatoms. The molecule has 0 aliphatic heterocycles. The van der Waals surface area contributed by atoms with E-state index in [1.807, 2.05) is 0 Å². The van der Waals surface area contributed by atoms with E-state index in [0.717, 1.165) is 20.3 Å². The fourth-order valence-corrected chi connectivity index (χ4v) is 11.6. The average molecular weight is 991 g/mol. The highest BCUT2D eigenvalue weighted by Crippen LogP contribution is 2.48. The monoisotopic (exact) mass is 988 g/mol. The Morgan fingerprint density at radius 1 is 0.303 bits per heavy atom. The molecule has 2 aromatic heterocycles. The van der Waals surface area contributed by atoms with Gasteiger partial charge < -0.3 is 9.13 Å². The summed E-state index contributed by atoms with van der Waals surface area (Å²) in [5, 5.41) is 15.3. The topological polar surface area (TPSA) is 9.86 Å². The number of rotatable bonds is 2. The Bertz CT molecular complexity index is 3390. The van der Waals surface area contributed by atoms with Crippen LogP contribution in [0.25, 0.3) is 98.1 Å². The van der Waals surface area contributed by atoms with E-state index in [0.29, 0.717) is 0 Å². The van der Waals surface area contributed by atoms with Gasteiger partial charge in [-0.1, -0.05) is 196 Å². The molecule has 11 rings (SSSR count). The number of fused-ring (bicyclic) bond motifs is 14. The molecule has 0 unspecified atom stereocenters. The molecular weight excluding hydrogens is 933 g/mol. The predicted octanol–water partition coefficient (Wildman–Crippen LogP) is 19.2. The highest BCUT2D eigenvalue weighted by molar-refractivity contribution is 9.11. The van der Waals surface area contributed by atoms with Crippen LogP contribution in [0.4, 0.5) is 0 Å². The Morgan fingerprint density at radius 2 is 0.545 bits per heavy atom. The van der Waals surface area contributed by atoms with Crippen molar-refractivity contribution < 1.29 is 0 Å². The van der Waals surface area contributed by atoms with E-state index in [9.17, 15) is 0 Å². The molecule has 0 amide bonds. The third-order valence-corrected chi connectivity index (χ3v) is 15.7. The summed E-state index contributed by atoms with van der Waals surface area (Å²) in [6.07, 6.45) is 0. The SMILES string of the molecule is CC(C)(C)c1ccc2c(ccc3c2c2c4ccc(C(C)(C)C)cc4ccc2n3-c2cc(Br)cc(-n3c4ccc5cc(C(C)(C)C)ccc5c4c4c5ccc(C(C)(C)C)cc5ccc43)c2Br)c1. The van der Waals surface area contributed by atoms with Crippen molar-refractivity contribution in [2.45, 2.75) is 105 Å². The van der Waals surface area contributed by atoms with Crippen LogP contribution in [-0.4, -0.2) is 9.13 Å². The lowest BCUT2D eigenvalue weighted by molar-refractivity contribution is 0.591. The van der Waals surface area contributed by atoms with Crippen LogP contribution in [0.5, 0.6) is 0 Å². The Labute approximate surface area is 405 Å². The highest BCUT2D eigenvalue weighted by atomic mass is 79.9. The van der Waals surface area contributed by atoms with Gasteiger partial charge in [0.1, 0.15) is 0 Å². The van der Waals surface area contributed by atoms with Crippen LogP contribution in [0.2, 0.25) is 0 Å². The summed E-state index contributed by atoms with van der Waals surface area (Å²) in [5.41, 5.74) is 12.4. The third-order valence-electron chi connectivity index (χ3n) is 14.4. The molecule has 11 aromatic rings. The zero-order valence-corrected chi connectivity index (χ0v) is 43.5. The molecule has 2 heterocycles. The van der Waals surface area contributed by atoms with Gasteiger partial charge in [-0.3, -0.25) is 0 Å². The summed E-state index contributed by atoms with van der Waals surface area (Å²) < 4.78 is 7.04. The second kappa shape index (κ2) is 14.5. The Balaban J connectivity index is 1.25. The summed E-state index contributed by atoms with van der Waals surface area (Å²) in [7, 11) is 0. The molecule has 330 valence electrons. The van der Waals surface area contributed by atoms with Crippen LogP contribution in [0.1, 0.15) is 105 Å². The van der Waals surface area contributed by atoms with Crippen LogP contribution in [0.3, 0.4) is 0 Å². The largest absolute Gasteiger partial charge is 0.308 e. The van der Waals surface area contributed by atoms with Crippen molar-refractivity contribution in [2.24, 2.45) is 0 Å². The lowest BCUT2D eigenvalue weighted by Crippen LogP contribution is -2.10. The minimum Gasteiger partial charge on any atom is -0.308 e. The van der Waals surface area contributed by atoms with E-state index in [1.54, 1.807) is 0 Å². The van der Waals surface area contributed by atoms with E-state index in [4.69, 9.17) is 0 Å². The smallest absolute Gasteiger partial charge is 0.0657 e. The number of hydrogen-bond donors (Lipinski definition) is 0. The van der Waals surface area contributed by atoms with Crippen LogP contribution in [0, 0.1) is 0 Å². The fraction of sp³-hybridized carbons (Fsp3) is 0.258. The van der Waals surface area contributed by atoms with Crippen LogP contribution < -0.4 is 0 Å². The number of halogens is 2. The number of hydrogen-bond acceptors (Lipinski definition) is 0. The lowest BCUT2D eigenvalue weighted by atomic mass is 9.85. The van der Waals surface area contributed by atoms with E-state index in [2.05, 4.69) is 258 Å². The first-order chi connectivity index (χ1) is 31.1. The summed E-state index contributed by atoms with van der Waals surface area (Å²) in [4.78, 5) is 0. The lowest BCUT2D eigenvalue weighted by Gasteiger charge is -2.20. The zero-order valence-electron chi connectivity index (χ0n) is 40.4. The van der Waals surface area contributed by atoms with Crippen LogP contribution >= 0.6 is 31.9 Å². The van der Waals surface area contributed by atoms with Crippen LogP contribution in [-0.2, 0) is 21.7 Å². The Morgan fingerprint density at radius 3 is 0.773 bits per heavy atom. The van der Waals surface area contributed by atoms with Gasteiger partial charge in [0.05, 0.1) is 37.9 Å². The van der Waals surface area contributed by atoms with E-state index in [-0.39, 0.29) is 21.7 Å². The van der Waals surface area contributed by atoms with Gasteiger partial charge in [-0.15, -0.1) is 0 Å². The van der Waals surface area contributed by atoms with E-state index >= 15 is 0 Å². The quantitative estimate of drug-likeness (QED) is 0.163. The summed E-state index contributed by atoms with van der Waals surface area (Å²) in [6, 6.07) is 51.7. The fourth-order valence-electron chi connectivity index (χ4n) is 10.6. The number of aromatic nitrogens is 2. The second-order valence-corrected chi connectivity index (χ2v) is 24.7. The van der Waals surface area contributed by atoms with Gasteiger partial charge in [0.25, 0.3) is 0 Å². The molecular formula is C62H58Br2N2. The molecule has 0 spiro atoms. The first-order valence-electron chi connectivity index (χ1n) is 23.5. The van der Waals surface area contributed by atoms with Crippen LogP contribution in [0.15, 0.2) is 142 Å². The molecule has 0 fully saturated rings. The number of benzene rings is 9. The molecule has 0 aliphatic carbocycles. The van der Waals surface area contributed by atoms with E-state index < -0.39 is 0 Å². The maximum absolute atomic E-state index is 4.36. The molecule has 0 atom stereocenters. The zero-order chi connectivity index (χ0) is 46.6. The summed E-state index contributed by atoms with van der Waals surface area (Å²) >= 11 is 8.46. The second-order valence-electron chi connectivity index (χ2n) is 23.0. The molecule has 0 bridgehead atoms. The molecule has 9 aromatic carbocycles. The van der Waals surface area contributed by atoms with Gasteiger partial charge in [-0.25, -0.2) is 0 Å². The van der Waals surface area contributed by atoms with Gasteiger partial charge in [-0.05, 0) is 139 Å². The maximum atomic E-state index is 4.36. The van der Waals surface area contributed by atoms with Gasteiger partial charge in [0, 0.05) is 26.0 Å². The van der Waals surface area contributed by atoms with Gasteiger partial charge >= 0.3 is 0 Å².